The van der Waals surface area contributed by atoms with Gasteiger partial charge in [-0.15, -0.1) is 0 Å². The second kappa shape index (κ2) is 15.6. The molecule has 236 valence electrons. The van der Waals surface area contributed by atoms with E-state index in [4.69, 9.17) is 23.7 Å². The molecule has 0 bridgehead atoms. The molecule has 0 aliphatic heterocycles. The number of rotatable bonds is 13. The molecule has 0 saturated carbocycles. The van der Waals surface area contributed by atoms with E-state index in [1.165, 1.54) is 0 Å². The Balaban J connectivity index is 0.00000461. The Morgan fingerprint density at radius 1 is 0.800 bits per heavy atom. The van der Waals surface area contributed by atoms with Crippen molar-refractivity contribution in [3.63, 3.8) is 0 Å². The highest BCUT2D eigenvalue weighted by Gasteiger charge is 2.30. The maximum Gasteiger partial charge on any atom is 0.407 e. The van der Waals surface area contributed by atoms with Crippen molar-refractivity contribution in [3.8, 4) is 28.4 Å². The lowest BCUT2D eigenvalue weighted by Crippen LogP contribution is -2.31. The third kappa shape index (κ3) is 7.74. The van der Waals surface area contributed by atoms with Crippen molar-refractivity contribution in [3.05, 3.63) is 113 Å². The molecule has 0 saturated heterocycles. The molecule has 1 unspecified atom stereocenters. The highest BCUT2D eigenvalue weighted by atomic mass is 16.5. The minimum atomic E-state index is -0.613. The Hall–Kier alpha value is -5.02. The normalized spacial score (nSPS) is 12.2. The van der Waals surface area contributed by atoms with Crippen LogP contribution in [0.2, 0.25) is 0 Å². The molecule has 4 aromatic carbocycles. The first-order valence-corrected chi connectivity index (χ1v) is 14.3. The topological polar surface area (TPSA) is 104 Å². The van der Waals surface area contributed by atoms with Gasteiger partial charge < -0.3 is 34.3 Å². The van der Waals surface area contributed by atoms with Crippen molar-refractivity contribution < 1.29 is 33.3 Å². The van der Waals surface area contributed by atoms with E-state index in [-0.39, 0.29) is 32.5 Å². The van der Waals surface area contributed by atoms with E-state index in [0.717, 1.165) is 27.8 Å². The summed E-state index contributed by atoms with van der Waals surface area (Å²) in [4.78, 5) is 25.4. The van der Waals surface area contributed by atoms with E-state index in [2.05, 4.69) is 34.9 Å². The van der Waals surface area contributed by atoms with Crippen molar-refractivity contribution in [2.45, 2.75) is 19.4 Å². The minimum absolute atomic E-state index is 0. The molecule has 5 rings (SSSR count). The summed E-state index contributed by atoms with van der Waals surface area (Å²) in [5.74, 6) is 1.37. The van der Waals surface area contributed by atoms with Crippen LogP contribution in [0.1, 0.15) is 41.6 Å². The van der Waals surface area contributed by atoms with E-state index in [1.54, 1.807) is 39.5 Å². The summed E-state index contributed by atoms with van der Waals surface area (Å²) in [6.45, 7) is 0.889. The van der Waals surface area contributed by atoms with Crippen LogP contribution in [0.5, 0.6) is 17.2 Å². The highest BCUT2D eigenvalue weighted by Crippen LogP contribution is 2.44. The van der Waals surface area contributed by atoms with E-state index in [0.29, 0.717) is 36.0 Å². The van der Waals surface area contributed by atoms with E-state index in [1.807, 2.05) is 48.5 Å². The van der Waals surface area contributed by atoms with Gasteiger partial charge in [0.05, 0.1) is 26.9 Å². The van der Waals surface area contributed by atoms with Crippen LogP contribution < -0.4 is 24.8 Å². The third-order valence-corrected chi connectivity index (χ3v) is 7.57. The van der Waals surface area contributed by atoms with Gasteiger partial charge >= 0.3 is 6.09 Å². The summed E-state index contributed by atoms with van der Waals surface area (Å²) in [6.07, 6.45) is -0.567. The SMILES string of the molecule is C.COCCNC(=O)COc1ccc(C(NC(=O)OCC2c3ccccc3-c3ccccc32)c2ccc(OC)cc2OC)cc1. The average Bonchev–Trinajstić information content (AvgIpc) is 3.39. The number of hydrogen-bond donors (Lipinski definition) is 2. The fourth-order valence-electron chi connectivity index (χ4n) is 5.40. The van der Waals surface area contributed by atoms with Crippen molar-refractivity contribution in [2.24, 2.45) is 0 Å². The van der Waals surface area contributed by atoms with Crippen molar-refractivity contribution in [2.75, 3.05) is 47.7 Å². The fourth-order valence-corrected chi connectivity index (χ4v) is 5.40. The molecule has 0 aromatic heterocycles. The Bertz CT molecular complexity index is 1540. The first kappa shape index (κ1) is 32.9. The molecule has 1 aliphatic rings. The lowest BCUT2D eigenvalue weighted by Gasteiger charge is -2.23. The Morgan fingerprint density at radius 2 is 1.44 bits per heavy atom. The van der Waals surface area contributed by atoms with Crippen LogP contribution in [0.25, 0.3) is 11.1 Å². The Labute approximate surface area is 264 Å². The van der Waals surface area contributed by atoms with Gasteiger partial charge in [-0.1, -0.05) is 68.1 Å². The zero-order chi connectivity index (χ0) is 30.9. The van der Waals surface area contributed by atoms with Crippen molar-refractivity contribution >= 4 is 12.0 Å². The molecular formula is C36H40N2O7. The molecule has 4 aromatic rings. The van der Waals surface area contributed by atoms with Crippen molar-refractivity contribution in [1.29, 1.82) is 0 Å². The molecule has 0 heterocycles. The monoisotopic (exact) mass is 612 g/mol. The van der Waals surface area contributed by atoms with Crippen LogP contribution in [0, 0.1) is 0 Å². The summed E-state index contributed by atoms with van der Waals surface area (Å²) in [5.41, 5.74) is 6.07. The van der Waals surface area contributed by atoms with Crippen molar-refractivity contribution in [1.82, 2.24) is 10.6 Å². The molecule has 1 aliphatic carbocycles. The summed E-state index contributed by atoms with van der Waals surface area (Å²) >= 11 is 0. The molecule has 9 nitrogen and oxygen atoms in total. The predicted molar refractivity (Wildman–Crippen MR) is 173 cm³/mol. The van der Waals surface area contributed by atoms with Gasteiger partial charge in [0.2, 0.25) is 0 Å². The number of fused-ring (bicyclic) bond motifs is 3. The van der Waals surface area contributed by atoms with Crippen LogP contribution in [-0.4, -0.2) is 59.7 Å². The van der Waals surface area contributed by atoms with Gasteiger partial charge in [0.25, 0.3) is 5.91 Å². The predicted octanol–water partition coefficient (Wildman–Crippen LogP) is 6.11. The Kier molecular flexibility index (Phi) is 11.4. The van der Waals surface area contributed by atoms with E-state index >= 15 is 0 Å². The number of nitrogens with one attached hydrogen (secondary N) is 2. The van der Waals surface area contributed by atoms with Crippen LogP contribution >= 0.6 is 0 Å². The maximum absolute atomic E-state index is 13.4. The third-order valence-electron chi connectivity index (χ3n) is 7.57. The fraction of sp³-hybridized carbons (Fsp3) is 0.278. The largest absolute Gasteiger partial charge is 0.497 e. The van der Waals surface area contributed by atoms with E-state index in [9.17, 15) is 9.59 Å². The lowest BCUT2D eigenvalue weighted by molar-refractivity contribution is -0.123. The Morgan fingerprint density at radius 3 is 2.07 bits per heavy atom. The maximum atomic E-state index is 13.4. The zero-order valence-corrected chi connectivity index (χ0v) is 25.0. The molecule has 9 heteroatoms. The van der Waals surface area contributed by atoms with E-state index < -0.39 is 12.1 Å². The van der Waals surface area contributed by atoms with Gasteiger partial charge in [0, 0.05) is 31.2 Å². The van der Waals surface area contributed by atoms with Gasteiger partial charge in [-0.3, -0.25) is 4.79 Å². The molecule has 2 amide bonds. The zero-order valence-electron chi connectivity index (χ0n) is 25.0. The molecular weight excluding hydrogens is 572 g/mol. The first-order chi connectivity index (χ1) is 21.5. The number of amides is 2. The van der Waals surface area contributed by atoms with Crippen LogP contribution in [0.15, 0.2) is 91.0 Å². The molecule has 0 spiro atoms. The standard InChI is InChI=1S/C35H36N2O7.CH4/c1-40-19-18-36-33(38)22-43-24-14-12-23(13-15-24)34(30-17-16-25(41-2)20-32(30)42-3)37-35(39)44-21-31-28-10-6-4-8-26(28)27-9-5-7-11-29(27)31;/h4-17,20,31,34H,18-19,21-22H2,1-3H3,(H,36,38)(H,37,39);1H4. The average molecular weight is 613 g/mol. The molecule has 0 fully saturated rings. The first-order valence-electron chi connectivity index (χ1n) is 14.3. The van der Waals surface area contributed by atoms with Crippen LogP contribution in [0.4, 0.5) is 4.79 Å². The van der Waals surface area contributed by atoms with Gasteiger partial charge in [-0.25, -0.2) is 4.79 Å². The number of benzene rings is 4. The van der Waals surface area contributed by atoms with Gasteiger partial charge in [-0.2, -0.15) is 0 Å². The minimum Gasteiger partial charge on any atom is -0.497 e. The summed E-state index contributed by atoms with van der Waals surface area (Å²) in [6, 6.07) is 28.4. The lowest BCUT2D eigenvalue weighted by atomic mass is 9.97. The number of hydrogen-bond acceptors (Lipinski definition) is 7. The number of carbonyl (C=O) groups excluding carboxylic acids is 2. The number of alkyl carbamates (subject to hydrolysis) is 1. The summed E-state index contributed by atoms with van der Waals surface area (Å²) < 4.78 is 27.5. The second-order valence-corrected chi connectivity index (χ2v) is 10.2. The smallest absolute Gasteiger partial charge is 0.407 e. The highest BCUT2D eigenvalue weighted by molar-refractivity contribution is 5.79. The van der Waals surface area contributed by atoms with Gasteiger partial charge in [0.15, 0.2) is 6.61 Å². The second-order valence-electron chi connectivity index (χ2n) is 10.2. The van der Waals surface area contributed by atoms with Crippen LogP contribution in [-0.2, 0) is 14.3 Å². The quantitative estimate of drug-likeness (QED) is 0.176. The van der Waals surface area contributed by atoms with Gasteiger partial charge in [-0.05, 0) is 52.1 Å². The molecule has 45 heavy (non-hydrogen) atoms. The summed E-state index contributed by atoms with van der Waals surface area (Å²) in [7, 11) is 4.72. The number of ether oxygens (including phenoxy) is 5. The van der Waals surface area contributed by atoms with Crippen LogP contribution in [0.3, 0.4) is 0 Å². The number of methoxy groups -OCH3 is 3. The molecule has 0 radical (unpaired) electrons. The molecule has 1 atom stereocenters. The number of carbonyl (C=O) groups is 2. The molecule has 2 N–H and O–H groups in total. The summed E-state index contributed by atoms with van der Waals surface area (Å²) in [5, 5.41) is 5.75. The van der Waals surface area contributed by atoms with Gasteiger partial charge in [0.1, 0.15) is 23.9 Å².